The van der Waals surface area contributed by atoms with Crippen LogP contribution in [0.25, 0.3) is 0 Å². The van der Waals surface area contributed by atoms with E-state index in [1.165, 1.54) is 24.2 Å². The molecule has 0 unspecified atom stereocenters. The summed E-state index contributed by atoms with van der Waals surface area (Å²) in [6.07, 6.45) is 6.11. The summed E-state index contributed by atoms with van der Waals surface area (Å²) in [5, 5.41) is 9.04. The van der Waals surface area contributed by atoms with Crippen molar-refractivity contribution in [2.75, 3.05) is 27.2 Å². The maximum atomic E-state index is 14.1. The Kier molecular flexibility index (Phi) is 5.70. The zero-order chi connectivity index (χ0) is 18.7. The Balaban J connectivity index is 1.74. The first-order chi connectivity index (χ1) is 12.5. The first-order valence-corrected chi connectivity index (χ1v) is 9.03. The fourth-order valence-corrected chi connectivity index (χ4v) is 4.09. The number of nitriles is 1. The summed E-state index contributed by atoms with van der Waals surface area (Å²) in [5.74, 6) is 0.205. The predicted molar refractivity (Wildman–Crippen MR) is 98.8 cm³/mol. The third-order valence-electron chi connectivity index (χ3n) is 5.33. The number of imidazole rings is 1. The highest BCUT2D eigenvalue weighted by Gasteiger charge is 2.33. The van der Waals surface area contributed by atoms with Crippen LogP contribution >= 0.6 is 0 Å². The number of halogens is 1. The van der Waals surface area contributed by atoms with Crippen molar-refractivity contribution in [2.24, 2.45) is 13.0 Å². The molecule has 2 atom stereocenters. The maximum Gasteiger partial charge on any atom is 0.127 e. The molecule has 1 aliphatic heterocycles. The molecule has 26 heavy (non-hydrogen) atoms. The number of aromatic nitrogens is 2. The van der Waals surface area contributed by atoms with Gasteiger partial charge in [0, 0.05) is 31.9 Å². The largest absolute Gasteiger partial charge is 0.336 e. The standard InChI is InChI=1S/C20H26FN5/c1-24(13-17-9-15(10-22)6-7-18(17)21)12-16-5-4-8-25(2)20(16)19-11-23-14-26(19)3/h6-7,9,11,14,16,20H,4-5,8,12-13H2,1-3H3/t16-,20+/m0/s1. The van der Waals surface area contributed by atoms with Crippen molar-refractivity contribution in [1.29, 1.82) is 5.26 Å². The van der Waals surface area contributed by atoms with Gasteiger partial charge in [-0.15, -0.1) is 0 Å². The summed E-state index contributed by atoms with van der Waals surface area (Å²) in [7, 11) is 6.22. The van der Waals surface area contributed by atoms with Crippen molar-refractivity contribution in [2.45, 2.75) is 25.4 Å². The number of hydrogen-bond donors (Lipinski definition) is 0. The average Bonchev–Trinajstić information content (AvgIpc) is 3.02. The monoisotopic (exact) mass is 355 g/mol. The fraction of sp³-hybridized carbons (Fsp3) is 0.500. The Morgan fingerprint density at radius 3 is 2.88 bits per heavy atom. The molecule has 0 saturated carbocycles. The lowest BCUT2D eigenvalue weighted by Gasteiger charge is -2.40. The van der Waals surface area contributed by atoms with Gasteiger partial charge in [-0.05, 0) is 57.6 Å². The molecule has 0 amide bonds. The number of hydrogen-bond acceptors (Lipinski definition) is 4. The SMILES string of the molecule is CN(Cc1cc(C#N)ccc1F)C[C@@H]1CCCN(C)[C@H]1c1cncn1C. The lowest BCUT2D eigenvalue weighted by atomic mass is 9.87. The van der Waals surface area contributed by atoms with E-state index < -0.39 is 0 Å². The van der Waals surface area contributed by atoms with Crippen LogP contribution in [-0.2, 0) is 13.6 Å². The highest BCUT2D eigenvalue weighted by molar-refractivity contribution is 5.33. The highest BCUT2D eigenvalue weighted by atomic mass is 19.1. The summed E-state index contributed by atoms with van der Waals surface area (Å²) >= 11 is 0. The molecule has 1 aromatic carbocycles. The van der Waals surface area contributed by atoms with Crippen molar-refractivity contribution >= 4 is 0 Å². The van der Waals surface area contributed by atoms with Crippen LogP contribution in [0, 0.1) is 23.1 Å². The van der Waals surface area contributed by atoms with E-state index in [0.717, 1.165) is 19.5 Å². The second kappa shape index (κ2) is 7.98. The van der Waals surface area contributed by atoms with Crippen LogP contribution < -0.4 is 0 Å². The van der Waals surface area contributed by atoms with Crippen LogP contribution in [0.2, 0.25) is 0 Å². The van der Waals surface area contributed by atoms with Crippen molar-refractivity contribution in [3.05, 3.63) is 53.4 Å². The zero-order valence-electron chi connectivity index (χ0n) is 15.7. The third kappa shape index (κ3) is 3.95. The second-order valence-electron chi connectivity index (χ2n) is 7.37. The molecular formula is C20H26FN5. The van der Waals surface area contributed by atoms with Crippen LogP contribution in [-0.4, -0.2) is 46.5 Å². The number of benzene rings is 1. The van der Waals surface area contributed by atoms with Gasteiger partial charge < -0.3 is 9.47 Å². The van der Waals surface area contributed by atoms with Crippen molar-refractivity contribution in [3.8, 4) is 6.07 Å². The number of rotatable bonds is 5. The quantitative estimate of drug-likeness (QED) is 0.827. The second-order valence-corrected chi connectivity index (χ2v) is 7.37. The molecule has 1 fully saturated rings. The predicted octanol–water partition coefficient (Wildman–Crippen LogP) is 2.95. The van der Waals surface area contributed by atoms with Crippen LogP contribution in [0.15, 0.2) is 30.7 Å². The molecule has 2 aromatic rings. The zero-order valence-corrected chi connectivity index (χ0v) is 15.7. The Bertz CT molecular complexity index is 794. The molecule has 3 rings (SSSR count). The Labute approximate surface area is 154 Å². The van der Waals surface area contributed by atoms with Gasteiger partial charge in [-0.1, -0.05) is 0 Å². The Morgan fingerprint density at radius 2 is 2.19 bits per heavy atom. The number of likely N-dealkylation sites (tertiary alicyclic amines) is 1. The van der Waals surface area contributed by atoms with E-state index >= 15 is 0 Å². The van der Waals surface area contributed by atoms with Crippen molar-refractivity contribution in [3.63, 3.8) is 0 Å². The molecule has 0 bridgehead atoms. The molecule has 2 heterocycles. The molecule has 1 saturated heterocycles. The third-order valence-corrected chi connectivity index (χ3v) is 5.33. The van der Waals surface area contributed by atoms with E-state index in [9.17, 15) is 4.39 Å². The smallest absolute Gasteiger partial charge is 0.127 e. The maximum absolute atomic E-state index is 14.1. The lowest BCUT2D eigenvalue weighted by Crippen LogP contribution is -2.41. The minimum Gasteiger partial charge on any atom is -0.336 e. The van der Waals surface area contributed by atoms with Gasteiger partial charge in [0.25, 0.3) is 0 Å². The van der Waals surface area contributed by atoms with E-state index in [4.69, 9.17) is 5.26 Å². The molecule has 1 aliphatic rings. The van der Waals surface area contributed by atoms with Gasteiger partial charge in [0.2, 0.25) is 0 Å². The van der Waals surface area contributed by atoms with E-state index in [0.29, 0.717) is 29.6 Å². The van der Waals surface area contributed by atoms with Crippen molar-refractivity contribution in [1.82, 2.24) is 19.4 Å². The van der Waals surface area contributed by atoms with Crippen LogP contribution in [0.4, 0.5) is 4.39 Å². The van der Waals surface area contributed by atoms with Crippen LogP contribution in [0.1, 0.15) is 35.7 Å². The molecule has 0 spiro atoms. The van der Waals surface area contributed by atoms with E-state index in [-0.39, 0.29) is 5.82 Å². The molecule has 0 radical (unpaired) electrons. The minimum absolute atomic E-state index is 0.250. The number of piperidine rings is 1. The van der Waals surface area contributed by atoms with Gasteiger partial charge in [-0.2, -0.15) is 5.26 Å². The molecule has 0 N–H and O–H groups in total. The van der Waals surface area contributed by atoms with Crippen molar-refractivity contribution < 1.29 is 4.39 Å². The number of nitrogens with zero attached hydrogens (tertiary/aromatic N) is 5. The van der Waals surface area contributed by atoms with E-state index in [1.807, 2.05) is 26.6 Å². The van der Waals surface area contributed by atoms with Gasteiger partial charge in [-0.3, -0.25) is 4.90 Å². The van der Waals surface area contributed by atoms with E-state index in [1.54, 1.807) is 6.07 Å². The van der Waals surface area contributed by atoms with Gasteiger partial charge in [0.15, 0.2) is 0 Å². The molecule has 138 valence electrons. The first kappa shape index (κ1) is 18.6. The molecule has 6 heteroatoms. The van der Waals surface area contributed by atoms with Gasteiger partial charge in [0.05, 0.1) is 29.7 Å². The minimum atomic E-state index is -0.250. The Hall–Kier alpha value is -2.23. The molecule has 0 aliphatic carbocycles. The van der Waals surface area contributed by atoms with Crippen LogP contribution in [0.5, 0.6) is 0 Å². The molecule has 1 aromatic heterocycles. The first-order valence-electron chi connectivity index (χ1n) is 9.03. The topological polar surface area (TPSA) is 48.1 Å². The van der Waals surface area contributed by atoms with Crippen LogP contribution in [0.3, 0.4) is 0 Å². The van der Waals surface area contributed by atoms with Gasteiger partial charge >= 0.3 is 0 Å². The Morgan fingerprint density at radius 1 is 1.38 bits per heavy atom. The number of aryl methyl sites for hydroxylation is 1. The van der Waals surface area contributed by atoms with E-state index in [2.05, 4.69) is 32.5 Å². The summed E-state index contributed by atoms with van der Waals surface area (Å²) in [6.45, 7) is 2.45. The summed E-state index contributed by atoms with van der Waals surface area (Å²) in [6, 6.07) is 6.95. The summed E-state index contributed by atoms with van der Waals surface area (Å²) in [5.41, 5.74) is 2.30. The normalized spacial score (nSPS) is 21.1. The fourth-order valence-electron chi connectivity index (χ4n) is 4.09. The molecule has 5 nitrogen and oxygen atoms in total. The highest BCUT2D eigenvalue weighted by Crippen LogP contribution is 2.35. The summed E-state index contributed by atoms with van der Waals surface area (Å²) < 4.78 is 16.2. The van der Waals surface area contributed by atoms with Gasteiger partial charge in [0.1, 0.15) is 5.82 Å². The molecular weight excluding hydrogens is 329 g/mol. The van der Waals surface area contributed by atoms with Gasteiger partial charge in [-0.25, -0.2) is 9.37 Å². The lowest BCUT2D eigenvalue weighted by molar-refractivity contribution is 0.0877. The summed E-state index contributed by atoms with van der Waals surface area (Å²) in [4.78, 5) is 8.84. The average molecular weight is 355 g/mol.